The Morgan fingerprint density at radius 3 is 2.36 bits per heavy atom. The summed E-state index contributed by atoms with van der Waals surface area (Å²) in [5.41, 5.74) is 1.63. The van der Waals surface area contributed by atoms with Gasteiger partial charge in [0.15, 0.2) is 0 Å². The molecule has 2 aromatic carbocycles. The highest BCUT2D eigenvalue weighted by Gasteiger charge is 2.40. The number of rotatable bonds is 8. The summed E-state index contributed by atoms with van der Waals surface area (Å²) in [4.78, 5) is 27.2. The lowest BCUT2D eigenvalue weighted by atomic mass is 9.96. The maximum absolute atomic E-state index is 12.6. The predicted octanol–water partition coefficient (Wildman–Crippen LogP) is 4.43. The maximum Gasteiger partial charge on any atom is 0.254 e. The lowest BCUT2D eigenvalue weighted by Crippen LogP contribution is -2.50. The van der Waals surface area contributed by atoms with Gasteiger partial charge < -0.3 is 15.4 Å². The van der Waals surface area contributed by atoms with Crippen molar-refractivity contribution in [2.24, 2.45) is 0 Å². The van der Waals surface area contributed by atoms with Crippen molar-refractivity contribution in [1.29, 1.82) is 0 Å². The summed E-state index contributed by atoms with van der Waals surface area (Å²) in [6.07, 6.45) is 4.51. The predicted molar refractivity (Wildman–Crippen MR) is 130 cm³/mol. The minimum atomic E-state index is -0.280. The molecule has 2 heterocycles. The van der Waals surface area contributed by atoms with Gasteiger partial charge in [-0.25, -0.2) is 0 Å². The van der Waals surface area contributed by atoms with Crippen LogP contribution in [0, 0.1) is 0 Å². The van der Waals surface area contributed by atoms with Gasteiger partial charge in [-0.05, 0) is 61.6 Å². The van der Waals surface area contributed by atoms with Gasteiger partial charge in [0.25, 0.3) is 5.91 Å². The summed E-state index contributed by atoms with van der Waals surface area (Å²) < 4.78 is 5.72. The molecule has 0 saturated carbocycles. The first kappa shape index (κ1) is 23.9. The molecule has 0 radical (unpaired) electrons. The number of piperidine rings is 1. The van der Waals surface area contributed by atoms with Crippen LogP contribution < -0.4 is 15.4 Å². The van der Waals surface area contributed by atoms with E-state index in [4.69, 9.17) is 27.9 Å². The lowest BCUT2D eigenvalue weighted by molar-refractivity contribution is -0.122. The Morgan fingerprint density at radius 2 is 1.70 bits per heavy atom. The molecule has 8 heteroatoms. The highest BCUT2D eigenvalue weighted by molar-refractivity contribution is 6.31. The van der Waals surface area contributed by atoms with Gasteiger partial charge in [0.2, 0.25) is 5.91 Å². The van der Waals surface area contributed by atoms with Gasteiger partial charge in [0.1, 0.15) is 5.75 Å². The van der Waals surface area contributed by atoms with Crippen LogP contribution >= 0.6 is 23.2 Å². The van der Waals surface area contributed by atoms with E-state index in [0.29, 0.717) is 28.4 Å². The van der Waals surface area contributed by atoms with Gasteiger partial charge in [0, 0.05) is 41.8 Å². The van der Waals surface area contributed by atoms with Gasteiger partial charge >= 0.3 is 0 Å². The molecule has 0 spiro atoms. The molecule has 2 aliphatic heterocycles. The summed E-state index contributed by atoms with van der Waals surface area (Å²) in [6.45, 7) is 1.12. The van der Waals surface area contributed by atoms with E-state index in [1.165, 1.54) is 18.4 Å². The van der Waals surface area contributed by atoms with Crippen molar-refractivity contribution in [2.45, 2.75) is 56.8 Å². The highest BCUT2D eigenvalue weighted by Crippen LogP contribution is 2.37. The third kappa shape index (κ3) is 5.99. The molecule has 0 aromatic heterocycles. The first-order chi connectivity index (χ1) is 15.9. The first-order valence-electron chi connectivity index (χ1n) is 11.4. The van der Waals surface area contributed by atoms with Crippen LogP contribution in [0.5, 0.6) is 5.75 Å². The summed E-state index contributed by atoms with van der Waals surface area (Å²) >= 11 is 12.0. The molecule has 2 aliphatic rings. The average Bonchev–Trinajstić information content (AvgIpc) is 3.02. The molecular weight excluding hydrogens is 461 g/mol. The second-order valence-corrected chi connectivity index (χ2v) is 9.61. The average molecular weight is 490 g/mol. The standard InChI is InChI=1S/C25H29Cl2N3O3/c1-28-25(32)22-12-18(27)6-9-23(22)33-11-10-24(31)29-19-13-20-7-8-21(14-19)30(20)15-16-2-4-17(26)5-3-16/h2-6,9,12,19-21H,7-8,10-11,13-15H2,1H3,(H,28,32)(H,29,31)/t19?,20-,21+. The first-order valence-corrected chi connectivity index (χ1v) is 12.1. The highest BCUT2D eigenvalue weighted by atomic mass is 35.5. The fourth-order valence-corrected chi connectivity index (χ4v) is 5.24. The van der Waals surface area contributed by atoms with Crippen molar-refractivity contribution in [3.63, 3.8) is 0 Å². The molecule has 33 heavy (non-hydrogen) atoms. The fourth-order valence-electron chi connectivity index (χ4n) is 4.94. The topological polar surface area (TPSA) is 70.7 Å². The van der Waals surface area contributed by atoms with Crippen LogP contribution in [0.1, 0.15) is 48.0 Å². The Hall–Kier alpha value is -2.28. The molecule has 2 saturated heterocycles. The molecule has 2 bridgehead atoms. The number of fused-ring (bicyclic) bond motifs is 2. The third-order valence-corrected chi connectivity index (χ3v) is 7.01. The van der Waals surface area contributed by atoms with Crippen LogP contribution in [0.4, 0.5) is 0 Å². The van der Waals surface area contributed by atoms with Gasteiger partial charge in [-0.2, -0.15) is 0 Å². The van der Waals surface area contributed by atoms with Crippen LogP contribution in [0.15, 0.2) is 42.5 Å². The third-order valence-electron chi connectivity index (χ3n) is 6.53. The summed E-state index contributed by atoms with van der Waals surface area (Å²) in [7, 11) is 1.55. The maximum atomic E-state index is 12.6. The number of amides is 2. The van der Waals surface area contributed by atoms with Crippen molar-refractivity contribution >= 4 is 35.0 Å². The smallest absolute Gasteiger partial charge is 0.254 e. The Labute approximate surface area is 204 Å². The van der Waals surface area contributed by atoms with E-state index in [-0.39, 0.29) is 30.9 Å². The van der Waals surface area contributed by atoms with E-state index in [0.717, 1.165) is 24.4 Å². The Morgan fingerprint density at radius 1 is 1.03 bits per heavy atom. The van der Waals surface area contributed by atoms with Crippen molar-refractivity contribution in [1.82, 2.24) is 15.5 Å². The number of hydrogen-bond donors (Lipinski definition) is 2. The van der Waals surface area contributed by atoms with Crippen molar-refractivity contribution in [3.05, 3.63) is 63.6 Å². The van der Waals surface area contributed by atoms with Crippen LogP contribution in [0.25, 0.3) is 0 Å². The second kappa shape index (κ2) is 10.8. The van der Waals surface area contributed by atoms with Crippen molar-refractivity contribution < 1.29 is 14.3 Å². The van der Waals surface area contributed by atoms with E-state index < -0.39 is 0 Å². The van der Waals surface area contributed by atoms with E-state index in [1.54, 1.807) is 25.2 Å². The van der Waals surface area contributed by atoms with E-state index in [2.05, 4.69) is 27.7 Å². The quantitative estimate of drug-likeness (QED) is 0.575. The number of carbonyl (C=O) groups excluding carboxylic acids is 2. The lowest BCUT2D eigenvalue weighted by Gasteiger charge is -2.39. The summed E-state index contributed by atoms with van der Waals surface area (Å²) in [5, 5.41) is 6.97. The van der Waals surface area contributed by atoms with E-state index >= 15 is 0 Å². The van der Waals surface area contributed by atoms with Gasteiger partial charge in [-0.1, -0.05) is 35.3 Å². The molecule has 2 aromatic rings. The van der Waals surface area contributed by atoms with Crippen molar-refractivity contribution in [2.75, 3.05) is 13.7 Å². The summed E-state index contributed by atoms with van der Waals surface area (Å²) in [6, 6.07) is 14.1. The number of carbonyl (C=O) groups is 2. The normalized spacial score (nSPS) is 22.1. The molecule has 2 amide bonds. The zero-order valence-electron chi connectivity index (χ0n) is 18.7. The Kier molecular flexibility index (Phi) is 7.78. The Bertz CT molecular complexity index is 985. The minimum absolute atomic E-state index is 0.0268. The number of nitrogens with one attached hydrogen (secondary N) is 2. The van der Waals surface area contributed by atoms with Crippen LogP contribution in [0.2, 0.25) is 10.0 Å². The molecule has 0 aliphatic carbocycles. The van der Waals surface area contributed by atoms with Gasteiger partial charge in [0.05, 0.1) is 18.6 Å². The van der Waals surface area contributed by atoms with Crippen molar-refractivity contribution in [3.8, 4) is 5.75 Å². The van der Waals surface area contributed by atoms with E-state index in [1.807, 2.05) is 12.1 Å². The number of benzene rings is 2. The van der Waals surface area contributed by atoms with Gasteiger partial charge in [-0.3, -0.25) is 14.5 Å². The molecule has 2 fully saturated rings. The molecule has 176 valence electrons. The van der Waals surface area contributed by atoms with E-state index in [9.17, 15) is 9.59 Å². The number of ether oxygens (including phenoxy) is 1. The minimum Gasteiger partial charge on any atom is -0.492 e. The molecule has 2 N–H and O–H groups in total. The zero-order valence-corrected chi connectivity index (χ0v) is 20.2. The largest absolute Gasteiger partial charge is 0.492 e. The van der Waals surface area contributed by atoms with Gasteiger partial charge in [-0.15, -0.1) is 0 Å². The molecule has 4 rings (SSSR count). The van der Waals surface area contributed by atoms with Crippen LogP contribution in [0.3, 0.4) is 0 Å². The molecule has 6 nitrogen and oxygen atoms in total. The monoisotopic (exact) mass is 489 g/mol. The van der Waals surface area contributed by atoms with Crippen LogP contribution in [-0.4, -0.2) is 48.5 Å². The number of nitrogens with zero attached hydrogens (tertiary/aromatic N) is 1. The number of halogens is 2. The zero-order chi connectivity index (χ0) is 23.4. The SMILES string of the molecule is CNC(=O)c1cc(Cl)ccc1OCCC(=O)NC1C[C@H]2CC[C@@H](C1)N2Cc1ccc(Cl)cc1. The van der Waals surface area contributed by atoms with Crippen LogP contribution in [-0.2, 0) is 11.3 Å². The molecule has 3 atom stereocenters. The summed E-state index contributed by atoms with van der Waals surface area (Å²) in [5.74, 6) is 0.110. The second-order valence-electron chi connectivity index (χ2n) is 8.74. The Balaban J connectivity index is 1.25. The molecule has 1 unspecified atom stereocenters. The molecular formula is C25H29Cl2N3O3. The number of hydrogen-bond acceptors (Lipinski definition) is 4. The fraction of sp³-hybridized carbons (Fsp3) is 0.440.